The average molecular weight is 320 g/mol. The highest BCUT2D eigenvalue weighted by molar-refractivity contribution is 7.13. The van der Waals surface area contributed by atoms with Gasteiger partial charge in [-0.15, -0.1) is 11.3 Å². The van der Waals surface area contributed by atoms with E-state index in [0.29, 0.717) is 22.1 Å². The van der Waals surface area contributed by atoms with Crippen LogP contribution in [-0.4, -0.2) is 25.1 Å². The highest BCUT2D eigenvalue weighted by Gasteiger charge is 2.21. The van der Waals surface area contributed by atoms with E-state index in [1.54, 1.807) is 38.6 Å². The van der Waals surface area contributed by atoms with Crippen LogP contribution in [0, 0.1) is 0 Å². The summed E-state index contributed by atoms with van der Waals surface area (Å²) in [7, 11) is 3.13. The van der Waals surface area contributed by atoms with Crippen LogP contribution in [0.1, 0.15) is 35.5 Å². The molecule has 0 spiro atoms. The second kappa shape index (κ2) is 6.36. The zero-order valence-corrected chi connectivity index (χ0v) is 14.2. The Labute approximate surface area is 134 Å². The molecular weight excluding hydrogens is 300 g/mol. The topological polar surface area (TPSA) is 60.5 Å². The molecule has 22 heavy (non-hydrogen) atoms. The van der Waals surface area contributed by atoms with Gasteiger partial charge in [-0.2, -0.15) is 0 Å². The molecule has 118 valence electrons. The Bertz CT molecular complexity index is 674. The second-order valence-corrected chi connectivity index (χ2v) is 6.83. The summed E-state index contributed by atoms with van der Waals surface area (Å²) >= 11 is 1.40. The Hall–Kier alpha value is -2.08. The van der Waals surface area contributed by atoms with E-state index in [4.69, 9.17) is 9.47 Å². The molecule has 0 fully saturated rings. The number of benzene rings is 1. The summed E-state index contributed by atoms with van der Waals surface area (Å²) < 4.78 is 10.4. The molecule has 1 aromatic carbocycles. The first-order valence-corrected chi connectivity index (χ1v) is 7.66. The molecule has 5 nitrogen and oxygen atoms in total. The summed E-state index contributed by atoms with van der Waals surface area (Å²) in [6.07, 6.45) is 1.61. The van der Waals surface area contributed by atoms with Gasteiger partial charge in [0, 0.05) is 11.5 Å². The summed E-state index contributed by atoms with van der Waals surface area (Å²) in [5, 5.41) is 3.77. The van der Waals surface area contributed by atoms with Crippen molar-refractivity contribution in [3.05, 3.63) is 34.3 Å². The van der Waals surface area contributed by atoms with Gasteiger partial charge in [0.2, 0.25) is 0 Å². The third-order valence-electron chi connectivity index (χ3n) is 3.03. The van der Waals surface area contributed by atoms with Crippen LogP contribution in [0.15, 0.2) is 24.4 Å². The molecule has 6 heteroatoms. The van der Waals surface area contributed by atoms with Crippen molar-refractivity contribution in [2.45, 2.75) is 26.2 Å². The molecule has 0 saturated carbocycles. The van der Waals surface area contributed by atoms with Crippen molar-refractivity contribution in [3.63, 3.8) is 0 Å². The summed E-state index contributed by atoms with van der Waals surface area (Å²) in [5.74, 6) is 1.02. The van der Waals surface area contributed by atoms with E-state index in [9.17, 15) is 4.79 Å². The Balaban J connectivity index is 2.20. The lowest BCUT2D eigenvalue weighted by Gasteiger charge is -2.13. The van der Waals surface area contributed by atoms with Gasteiger partial charge in [0.1, 0.15) is 16.4 Å². The molecule has 2 rings (SSSR count). The lowest BCUT2D eigenvalue weighted by atomic mass is 9.98. The van der Waals surface area contributed by atoms with Gasteiger partial charge in [-0.1, -0.05) is 20.8 Å². The van der Waals surface area contributed by atoms with Crippen LogP contribution in [0.2, 0.25) is 0 Å². The molecule has 1 heterocycles. The third kappa shape index (κ3) is 3.57. The van der Waals surface area contributed by atoms with Crippen LogP contribution in [0.25, 0.3) is 0 Å². The number of nitrogens with one attached hydrogen (secondary N) is 1. The number of aromatic nitrogens is 1. The fourth-order valence-electron chi connectivity index (χ4n) is 1.81. The lowest BCUT2D eigenvalue weighted by Crippen LogP contribution is -2.11. The van der Waals surface area contributed by atoms with Gasteiger partial charge in [0.05, 0.1) is 31.1 Å². The van der Waals surface area contributed by atoms with Crippen molar-refractivity contribution in [1.29, 1.82) is 0 Å². The molecule has 0 saturated heterocycles. The van der Waals surface area contributed by atoms with Gasteiger partial charge in [0.15, 0.2) is 0 Å². The second-order valence-electron chi connectivity index (χ2n) is 5.80. The molecule has 0 bridgehead atoms. The van der Waals surface area contributed by atoms with Crippen molar-refractivity contribution in [2.24, 2.45) is 0 Å². The predicted octanol–water partition coefficient (Wildman–Crippen LogP) is 3.71. The Morgan fingerprint density at radius 3 is 2.50 bits per heavy atom. The van der Waals surface area contributed by atoms with Gasteiger partial charge in [-0.05, 0) is 12.1 Å². The van der Waals surface area contributed by atoms with Gasteiger partial charge in [0.25, 0.3) is 5.91 Å². The molecule has 0 unspecified atom stereocenters. The van der Waals surface area contributed by atoms with E-state index in [0.717, 1.165) is 5.01 Å². The van der Waals surface area contributed by atoms with E-state index < -0.39 is 0 Å². The molecule has 0 atom stereocenters. The minimum Gasteiger partial charge on any atom is -0.497 e. The van der Waals surface area contributed by atoms with Crippen molar-refractivity contribution in [1.82, 2.24) is 4.98 Å². The van der Waals surface area contributed by atoms with E-state index in [2.05, 4.69) is 31.1 Å². The normalized spacial score (nSPS) is 11.1. The number of nitrogens with zero attached hydrogens (tertiary/aromatic N) is 1. The van der Waals surface area contributed by atoms with Crippen LogP contribution < -0.4 is 14.8 Å². The molecule has 1 amide bonds. The fraction of sp³-hybridized carbons (Fsp3) is 0.375. The maximum absolute atomic E-state index is 12.3. The highest BCUT2D eigenvalue weighted by atomic mass is 32.1. The number of hydrogen-bond acceptors (Lipinski definition) is 5. The maximum atomic E-state index is 12.3. The van der Waals surface area contributed by atoms with Crippen LogP contribution in [0.4, 0.5) is 5.69 Å². The quantitative estimate of drug-likeness (QED) is 0.933. The zero-order chi connectivity index (χ0) is 16.3. The molecule has 1 aromatic heterocycles. The minimum absolute atomic E-state index is 0.0685. The Kier molecular flexibility index (Phi) is 4.71. The number of carbonyl (C=O) groups is 1. The van der Waals surface area contributed by atoms with Crippen molar-refractivity contribution >= 4 is 22.9 Å². The first-order valence-electron chi connectivity index (χ1n) is 6.85. The zero-order valence-electron chi connectivity index (χ0n) is 13.4. The molecule has 1 N–H and O–H groups in total. The van der Waals surface area contributed by atoms with E-state index in [-0.39, 0.29) is 11.3 Å². The largest absolute Gasteiger partial charge is 0.497 e. The van der Waals surface area contributed by atoms with Crippen molar-refractivity contribution < 1.29 is 14.3 Å². The number of thiazole rings is 1. The molecule has 0 aliphatic carbocycles. The summed E-state index contributed by atoms with van der Waals surface area (Å²) in [4.78, 5) is 17.2. The fourth-order valence-corrected chi connectivity index (χ4v) is 2.68. The van der Waals surface area contributed by atoms with Crippen molar-refractivity contribution in [2.75, 3.05) is 19.5 Å². The number of carbonyl (C=O) groups excluding carboxylic acids is 1. The SMILES string of the molecule is COc1ccc(NC(=O)c2cnc(C(C)(C)C)s2)c(OC)c1. The molecule has 0 aliphatic rings. The number of rotatable bonds is 4. The third-order valence-corrected chi connectivity index (χ3v) is 4.45. The summed E-state index contributed by atoms with van der Waals surface area (Å²) in [6.45, 7) is 6.21. The highest BCUT2D eigenvalue weighted by Crippen LogP contribution is 2.31. The first-order chi connectivity index (χ1) is 10.3. The first kappa shape index (κ1) is 16.3. The molecule has 0 aliphatic heterocycles. The van der Waals surface area contributed by atoms with Crippen molar-refractivity contribution in [3.8, 4) is 11.5 Å². The molecule has 2 aromatic rings. The standard InChI is InChI=1S/C16H20N2O3S/c1-16(2,3)15-17-9-13(22-15)14(19)18-11-7-6-10(20-4)8-12(11)21-5/h6-9H,1-5H3,(H,18,19). The molecular formula is C16H20N2O3S. The predicted molar refractivity (Wildman–Crippen MR) is 88.3 cm³/mol. The number of amides is 1. The van der Waals surface area contributed by atoms with Crippen LogP contribution in [-0.2, 0) is 5.41 Å². The Morgan fingerprint density at radius 2 is 1.95 bits per heavy atom. The Morgan fingerprint density at radius 1 is 1.23 bits per heavy atom. The van der Waals surface area contributed by atoms with Crippen LogP contribution in [0.5, 0.6) is 11.5 Å². The van der Waals surface area contributed by atoms with Crippen LogP contribution >= 0.6 is 11.3 Å². The van der Waals surface area contributed by atoms with E-state index in [1.165, 1.54) is 11.3 Å². The summed E-state index contributed by atoms with van der Waals surface area (Å²) in [5.41, 5.74) is 0.528. The van der Waals surface area contributed by atoms with Crippen LogP contribution in [0.3, 0.4) is 0 Å². The smallest absolute Gasteiger partial charge is 0.267 e. The van der Waals surface area contributed by atoms with E-state index >= 15 is 0 Å². The molecule has 0 radical (unpaired) electrons. The maximum Gasteiger partial charge on any atom is 0.267 e. The van der Waals surface area contributed by atoms with Gasteiger partial charge in [-0.3, -0.25) is 4.79 Å². The van der Waals surface area contributed by atoms with Gasteiger partial charge in [-0.25, -0.2) is 4.98 Å². The number of ether oxygens (including phenoxy) is 2. The monoisotopic (exact) mass is 320 g/mol. The van der Waals surface area contributed by atoms with Gasteiger partial charge < -0.3 is 14.8 Å². The van der Waals surface area contributed by atoms with Gasteiger partial charge >= 0.3 is 0 Å². The van der Waals surface area contributed by atoms with E-state index in [1.807, 2.05) is 0 Å². The summed E-state index contributed by atoms with van der Waals surface area (Å²) in [6, 6.07) is 5.25. The number of hydrogen-bond donors (Lipinski definition) is 1. The lowest BCUT2D eigenvalue weighted by molar-refractivity contribution is 0.103. The minimum atomic E-state index is -0.198. The number of methoxy groups -OCH3 is 2. The average Bonchev–Trinajstić information content (AvgIpc) is 2.97. The number of anilines is 1.